The Morgan fingerprint density at radius 1 is 1.44 bits per heavy atom. The lowest BCUT2D eigenvalue weighted by Gasteiger charge is -2.34. The highest BCUT2D eigenvalue weighted by atomic mass is 32.1. The third-order valence-corrected chi connectivity index (χ3v) is 4.96. The van der Waals surface area contributed by atoms with Gasteiger partial charge in [-0.1, -0.05) is 6.92 Å². The van der Waals surface area contributed by atoms with Crippen molar-refractivity contribution >= 4 is 11.3 Å². The van der Waals surface area contributed by atoms with E-state index < -0.39 is 0 Å². The van der Waals surface area contributed by atoms with Gasteiger partial charge in [0.25, 0.3) is 0 Å². The van der Waals surface area contributed by atoms with Gasteiger partial charge in [0.05, 0.1) is 0 Å². The second-order valence-electron chi connectivity index (χ2n) is 4.71. The van der Waals surface area contributed by atoms with Crippen molar-refractivity contribution in [1.82, 2.24) is 4.90 Å². The van der Waals surface area contributed by atoms with Crippen molar-refractivity contribution in [2.45, 2.75) is 45.2 Å². The molecule has 0 spiro atoms. The number of likely N-dealkylation sites (tertiary alicyclic amines) is 1. The summed E-state index contributed by atoms with van der Waals surface area (Å²) in [6.45, 7) is 6.85. The van der Waals surface area contributed by atoms with Gasteiger partial charge in [-0.3, -0.25) is 4.90 Å². The highest BCUT2D eigenvalue weighted by Crippen LogP contribution is 2.29. The number of rotatable bonds is 3. The average molecular weight is 238 g/mol. The van der Waals surface area contributed by atoms with Crippen LogP contribution in [0.5, 0.6) is 0 Å². The van der Waals surface area contributed by atoms with E-state index in [9.17, 15) is 0 Å². The van der Waals surface area contributed by atoms with Crippen LogP contribution >= 0.6 is 11.3 Å². The Morgan fingerprint density at radius 2 is 2.12 bits per heavy atom. The lowest BCUT2D eigenvalue weighted by molar-refractivity contribution is 0.165. The van der Waals surface area contributed by atoms with Crippen molar-refractivity contribution in [2.75, 3.05) is 13.1 Å². The number of hydrogen-bond donors (Lipinski definition) is 1. The van der Waals surface area contributed by atoms with E-state index in [-0.39, 0.29) is 0 Å². The molecule has 2 nitrogen and oxygen atoms in total. The molecule has 1 aromatic rings. The zero-order valence-electron chi connectivity index (χ0n) is 10.3. The number of thiophene rings is 1. The van der Waals surface area contributed by atoms with E-state index in [1.54, 1.807) is 0 Å². The molecule has 1 aliphatic heterocycles. The van der Waals surface area contributed by atoms with Crippen LogP contribution in [0.2, 0.25) is 0 Å². The van der Waals surface area contributed by atoms with E-state index >= 15 is 0 Å². The number of piperidine rings is 1. The van der Waals surface area contributed by atoms with Crippen LogP contribution in [0.15, 0.2) is 12.1 Å². The van der Waals surface area contributed by atoms with Gasteiger partial charge in [0.2, 0.25) is 0 Å². The molecule has 90 valence electrons. The van der Waals surface area contributed by atoms with E-state index in [2.05, 4.69) is 30.9 Å². The largest absolute Gasteiger partial charge is 0.328 e. The predicted octanol–water partition coefficient (Wildman–Crippen LogP) is 2.79. The Labute approximate surface area is 102 Å². The summed E-state index contributed by atoms with van der Waals surface area (Å²) in [5.41, 5.74) is 5.94. The first-order valence-electron chi connectivity index (χ1n) is 6.29. The zero-order chi connectivity index (χ0) is 11.5. The van der Waals surface area contributed by atoms with E-state index in [0.717, 1.165) is 32.4 Å². The molecule has 0 saturated carbocycles. The lowest BCUT2D eigenvalue weighted by atomic mass is 10.0. The molecule has 0 radical (unpaired) electrons. The number of hydrogen-bond acceptors (Lipinski definition) is 3. The Kier molecular flexibility index (Phi) is 4.00. The van der Waals surface area contributed by atoms with Gasteiger partial charge in [-0.15, -0.1) is 11.3 Å². The third kappa shape index (κ3) is 2.65. The van der Waals surface area contributed by atoms with Gasteiger partial charge in [-0.2, -0.15) is 0 Å². The first-order chi connectivity index (χ1) is 7.70. The SMILES string of the molecule is CCc1ccc(C(C)N2CCC(N)CC2)s1. The van der Waals surface area contributed by atoms with Crippen LogP contribution in [0.3, 0.4) is 0 Å². The Hall–Kier alpha value is -0.380. The molecule has 1 fully saturated rings. The van der Waals surface area contributed by atoms with Gasteiger partial charge in [-0.25, -0.2) is 0 Å². The maximum absolute atomic E-state index is 5.94. The highest BCUT2D eigenvalue weighted by Gasteiger charge is 2.22. The Balaban J connectivity index is 1.98. The van der Waals surface area contributed by atoms with E-state index in [4.69, 9.17) is 5.73 Å². The maximum atomic E-state index is 5.94. The fourth-order valence-corrected chi connectivity index (χ4v) is 3.33. The van der Waals surface area contributed by atoms with Gasteiger partial charge in [0.1, 0.15) is 0 Å². The van der Waals surface area contributed by atoms with Gasteiger partial charge >= 0.3 is 0 Å². The normalized spacial score (nSPS) is 21.2. The highest BCUT2D eigenvalue weighted by molar-refractivity contribution is 7.12. The quantitative estimate of drug-likeness (QED) is 0.877. The summed E-state index contributed by atoms with van der Waals surface area (Å²) in [6.07, 6.45) is 3.45. The molecule has 0 aromatic carbocycles. The van der Waals surface area contributed by atoms with Crippen LogP contribution in [-0.2, 0) is 6.42 Å². The first-order valence-corrected chi connectivity index (χ1v) is 7.10. The van der Waals surface area contributed by atoms with Crippen molar-refractivity contribution in [3.05, 3.63) is 21.9 Å². The van der Waals surface area contributed by atoms with Crippen molar-refractivity contribution < 1.29 is 0 Å². The molecule has 16 heavy (non-hydrogen) atoms. The van der Waals surface area contributed by atoms with Gasteiger partial charge < -0.3 is 5.73 Å². The number of aryl methyl sites for hydroxylation is 1. The molecule has 1 atom stereocenters. The molecule has 1 saturated heterocycles. The number of nitrogens with two attached hydrogens (primary N) is 1. The van der Waals surface area contributed by atoms with Crippen molar-refractivity contribution in [2.24, 2.45) is 5.73 Å². The van der Waals surface area contributed by atoms with Crippen molar-refractivity contribution in [3.8, 4) is 0 Å². The summed E-state index contributed by atoms with van der Waals surface area (Å²) in [5, 5.41) is 0. The summed E-state index contributed by atoms with van der Waals surface area (Å²) in [6, 6.07) is 5.56. The minimum Gasteiger partial charge on any atom is -0.328 e. The maximum Gasteiger partial charge on any atom is 0.0413 e. The Bertz CT molecular complexity index is 326. The van der Waals surface area contributed by atoms with Crippen LogP contribution < -0.4 is 5.73 Å². The minimum absolute atomic E-state index is 0.429. The van der Waals surface area contributed by atoms with Crippen LogP contribution in [0.1, 0.15) is 42.5 Å². The van der Waals surface area contributed by atoms with Crippen LogP contribution in [0.25, 0.3) is 0 Å². The van der Waals surface area contributed by atoms with Crippen molar-refractivity contribution in [3.63, 3.8) is 0 Å². The molecule has 2 rings (SSSR count). The topological polar surface area (TPSA) is 29.3 Å². The van der Waals surface area contributed by atoms with Crippen molar-refractivity contribution in [1.29, 1.82) is 0 Å². The standard InChI is InChI=1S/C13H22N2S/c1-3-12-4-5-13(16-12)10(2)15-8-6-11(14)7-9-15/h4-5,10-11H,3,6-9,14H2,1-2H3. The fourth-order valence-electron chi connectivity index (χ4n) is 2.30. The molecule has 1 unspecified atom stereocenters. The van der Waals surface area contributed by atoms with Gasteiger partial charge in [0.15, 0.2) is 0 Å². The van der Waals surface area contributed by atoms with Gasteiger partial charge in [-0.05, 0) is 38.3 Å². The molecule has 2 heterocycles. The van der Waals surface area contributed by atoms with E-state index in [0.29, 0.717) is 12.1 Å². The van der Waals surface area contributed by atoms with Crippen LogP contribution in [-0.4, -0.2) is 24.0 Å². The summed E-state index contributed by atoms with van der Waals surface area (Å²) in [5.74, 6) is 0. The molecular weight excluding hydrogens is 216 g/mol. The smallest absolute Gasteiger partial charge is 0.0413 e. The molecule has 2 N–H and O–H groups in total. The number of nitrogens with zero attached hydrogens (tertiary/aromatic N) is 1. The monoisotopic (exact) mass is 238 g/mol. The van der Waals surface area contributed by atoms with Gasteiger partial charge in [0, 0.05) is 34.9 Å². The summed E-state index contributed by atoms with van der Waals surface area (Å²) < 4.78 is 0. The third-order valence-electron chi connectivity index (χ3n) is 3.56. The Morgan fingerprint density at radius 3 is 2.69 bits per heavy atom. The molecular formula is C13H22N2S. The molecule has 0 amide bonds. The molecule has 0 bridgehead atoms. The summed E-state index contributed by atoms with van der Waals surface area (Å²) >= 11 is 1.96. The lowest BCUT2D eigenvalue weighted by Crippen LogP contribution is -2.40. The average Bonchev–Trinajstić information content (AvgIpc) is 2.77. The molecule has 0 aliphatic carbocycles. The summed E-state index contributed by atoms with van der Waals surface area (Å²) in [7, 11) is 0. The van der Waals surface area contributed by atoms with E-state index in [1.807, 2.05) is 11.3 Å². The molecule has 1 aliphatic rings. The van der Waals surface area contributed by atoms with Crippen LogP contribution in [0.4, 0.5) is 0 Å². The molecule has 3 heteroatoms. The van der Waals surface area contributed by atoms with Crippen LogP contribution in [0, 0.1) is 0 Å². The summed E-state index contributed by atoms with van der Waals surface area (Å²) in [4.78, 5) is 5.57. The zero-order valence-corrected chi connectivity index (χ0v) is 11.1. The second kappa shape index (κ2) is 5.30. The van der Waals surface area contributed by atoms with E-state index in [1.165, 1.54) is 9.75 Å². The fraction of sp³-hybridized carbons (Fsp3) is 0.692. The molecule has 1 aromatic heterocycles. The first kappa shape index (κ1) is 12.1. The second-order valence-corrected chi connectivity index (χ2v) is 5.91. The predicted molar refractivity (Wildman–Crippen MR) is 70.9 cm³/mol. The minimum atomic E-state index is 0.429.